The number of hydrogen-bond donors (Lipinski definition) is 0. The summed E-state index contributed by atoms with van der Waals surface area (Å²) < 4.78 is 6.58. The Balaban J connectivity index is 1.08. The quantitative estimate of drug-likeness (QED) is 0.167. The molecular formula is C50H34N2O. The average molecular weight is 679 g/mol. The predicted octanol–water partition coefficient (Wildman–Crippen LogP) is 14.5. The molecule has 0 aliphatic carbocycles. The molecule has 53 heavy (non-hydrogen) atoms. The summed E-state index contributed by atoms with van der Waals surface area (Å²) >= 11 is 0. The van der Waals surface area contributed by atoms with E-state index in [0.717, 1.165) is 72.4 Å². The van der Waals surface area contributed by atoms with Gasteiger partial charge in [0.15, 0.2) is 0 Å². The normalized spacial score (nSPS) is 11.4. The Kier molecular flexibility index (Phi) is 7.47. The van der Waals surface area contributed by atoms with Gasteiger partial charge in [-0.3, -0.25) is 0 Å². The minimum absolute atomic E-state index is 0.888. The molecule has 0 fully saturated rings. The van der Waals surface area contributed by atoms with Crippen LogP contribution >= 0.6 is 0 Å². The van der Waals surface area contributed by atoms with Gasteiger partial charge in [0.05, 0.1) is 16.8 Å². The number of furan rings is 1. The Hall–Kier alpha value is -7.10. The third kappa shape index (κ3) is 5.38. The maximum atomic E-state index is 6.58. The van der Waals surface area contributed by atoms with Crippen molar-refractivity contribution in [1.29, 1.82) is 0 Å². The summed E-state index contributed by atoms with van der Waals surface area (Å²) in [6.45, 7) is 0. The van der Waals surface area contributed by atoms with Crippen molar-refractivity contribution < 1.29 is 4.42 Å². The molecule has 0 radical (unpaired) electrons. The van der Waals surface area contributed by atoms with Gasteiger partial charge in [-0.2, -0.15) is 0 Å². The van der Waals surface area contributed by atoms with Crippen molar-refractivity contribution in [3.8, 4) is 11.1 Å². The maximum Gasteiger partial charge on any atom is 0.145 e. The SMILES string of the molecule is c1ccc(N(c2ccccc2)c2cccc3cc(-c4ccc(N(c5ccccc5)c5cc6ccccc6c6oc7ccccc7c56)cc4)ccc23)cc1. The van der Waals surface area contributed by atoms with E-state index >= 15 is 0 Å². The molecule has 1 heterocycles. The zero-order valence-electron chi connectivity index (χ0n) is 28.9. The summed E-state index contributed by atoms with van der Waals surface area (Å²) in [4.78, 5) is 4.69. The molecule has 0 aliphatic rings. The van der Waals surface area contributed by atoms with Crippen LogP contribution < -0.4 is 9.80 Å². The molecule has 1 aromatic heterocycles. The number of fused-ring (bicyclic) bond motifs is 6. The number of rotatable bonds is 7. The van der Waals surface area contributed by atoms with Crippen LogP contribution in [0.3, 0.4) is 0 Å². The third-order valence-electron chi connectivity index (χ3n) is 10.2. The summed E-state index contributed by atoms with van der Waals surface area (Å²) in [5.41, 5.74) is 10.8. The van der Waals surface area contributed by atoms with Crippen LogP contribution in [-0.2, 0) is 0 Å². The zero-order valence-corrected chi connectivity index (χ0v) is 28.9. The number of nitrogens with zero attached hydrogens (tertiary/aromatic N) is 2. The largest absolute Gasteiger partial charge is 0.455 e. The first-order valence-corrected chi connectivity index (χ1v) is 18.0. The molecule has 250 valence electrons. The lowest BCUT2D eigenvalue weighted by Gasteiger charge is -2.27. The zero-order chi connectivity index (χ0) is 35.1. The Morgan fingerprint density at radius 3 is 1.51 bits per heavy atom. The van der Waals surface area contributed by atoms with E-state index in [-0.39, 0.29) is 0 Å². The van der Waals surface area contributed by atoms with Gasteiger partial charge in [0, 0.05) is 38.9 Å². The van der Waals surface area contributed by atoms with E-state index in [2.05, 4.69) is 210 Å². The number of para-hydroxylation sites is 4. The Labute approximate surface area is 308 Å². The van der Waals surface area contributed by atoms with Gasteiger partial charge in [0.25, 0.3) is 0 Å². The molecule has 10 aromatic rings. The molecule has 0 bridgehead atoms. The van der Waals surface area contributed by atoms with Crippen molar-refractivity contribution in [2.75, 3.05) is 9.80 Å². The third-order valence-corrected chi connectivity index (χ3v) is 10.2. The highest BCUT2D eigenvalue weighted by atomic mass is 16.3. The van der Waals surface area contributed by atoms with Crippen LogP contribution in [0.25, 0.3) is 54.6 Å². The fourth-order valence-corrected chi connectivity index (χ4v) is 7.74. The summed E-state index contributed by atoms with van der Waals surface area (Å²) in [6, 6.07) is 73.3. The fraction of sp³-hybridized carbons (Fsp3) is 0. The first-order valence-electron chi connectivity index (χ1n) is 18.0. The van der Waals surface area contributed by atoms with E-state index in [0.29, 0.717) is 0 Å². The second kappa shape index (κ2) is 12.9. The molecule has 0 N–H and O–H groups in total. The molecule has 0 aliphatic heterocycles. The minimum atomic E-state index is 0.888. The van der Waals surface area contributed by atoms with Crippen molar-refractivity contribution >= 4 is 77.6 Å². The molecule has 9 aromatic carbocycles. The number of benzene rings is 9. The average Bonchev–Trinajstić information content (AvgIpc) is 3.63. The van der Waals surface area contributed by atoms with Gasteiger partial charge in [-0.25, -0.2) is 0 Å². The van der Waals surface area contributed by atoms with Crippen LogP contribution in [-0.4, -0.2) is 0 Å². The second-order valence-electron chi connectivity index (χ2n) is 13.4. The second-order valence-corrected chi connectivity index (χ2v) is 13.4. The summed E-state index contributed by atoms with van der Waals surface area (Å²) in [7, 11) is 0. The fourth-order valence-electron chi connectivity index (χ4n) is 7.74. The lowest BCUT2D eigenvalue weighted by molar-refractivity contribution is 0.672. The van der Waals surface area contributed by atoms with E-state index in [1.807, 2.05) is 6.07 Å². The monoisotopic (exact) mass is 678 g/mol. The summed E-state index contributed by atoms with van der Waals surface area (Å²) in [6.07, 6.45) is 0. The van der Waals surface area contributed by atoms with Gasteiger partial charge in [-0.15, -0.1) is 0 Å². The van der Waals surface area contributed by atoms with Gasteiger partial charge in [-0.05, 0) is 94.7 Å². The van der Waals surface area contributed by atoms with Crippen LogP contribution in [0.2, 0.25) is 0 Å². The van der Waals surface area contributed by atoms with Crippen molar-refractivity contribution in [2.24, 2.45) is 0 Å². The molecular weight excluding hydrogens is 645 g/mol. The highest BCUT2D eigenvalue weighted by Gasteiger charge is 2.22. The van der Waals surface area contributed by atoms with E-state index in [9.17, 15) is 0 Å². The molecule has 3 heteroatoms. The van der Waals surface area contributed by atoms with E-state index < -0.39 is 0 Å². The smallest absolute Gasteiger partial charge is 0.145 e. The molecule has 0 unspecified atom stereocenters. The highest BCUT2D eigenvalue weighted by Crippen LogP contribution is 2.46. The number of anilines is 6. The van der Waals surface area contributed by atoms with Crippen LogP contribution in [0.5, 0.6) is 0 Å². The van der Waals surface area contributed by atoms with Crippen LogP contribution in [0.1, 0.15) is 0 Å². The van der Waals surface area contributed by atoms with Crippen LogP contribution in [0, 0.1) is 0 Å². The molecule has 0 saturated carbocycles. The lowest BCUT2D eigenvalue weighted by Crippen LogP contribution is -2.10. The Morgan fingerprint density at radius 2 is 0.830 bits per heavy atom. The summed E-state index contributed by atoms with van der Waals surface area (Å²) in [5.74, 6) is 0. The van der Waals surface area contributed by atoms with E-state index in [1.54, 1.807) is 0 Å². The van der Waals surface area contributed by atoms with E-state index in [4.69, 9.17) is 4.42 Å². The van der Waals surface area contributed by atoms with Crippen molar-refractivity contribution in [1.82, 2.24) is 0 Å². The van der Waals surface area contributed by atoms with Gasteiger partial charge >= 0.3 is 0 Å². The predicted molar refractivity (Wildman–Crippen MR) is 224 cm³/mol. The lowest BCUT2D eigenvalue weighted by atomic mass is 9.99. The van der Waals surface area contributed by atoms with Gasteiger partial charge in [0.1, 0.15) is 11.2 Å². The van der Waals surface area contributed by atoms with Crippen molar-refractivity contribution in [3.63, 3.8) is 0 Å². The Bertz CT molecular complexity index is 2840. The Morgan fingerprint density at radius 1 is 0.321 bits per heavy atom. The maximum absolute atomic E-state index is 6.58. The first kappa shape index (κ1) is 30.7. The van der Waals surface area contributed by atoms with Crippen molar-refractivity contribution in [3.05, 3.63) is 206 Å². The highest BCUT2D eigenvalue weighted by molar-refractivity contribution is 6.22. The molecule has 0 amide bonds. The topological polar surface area (TPSA) is 19.6 Å². The van der Waals surface area contributed by atoms with Crippen LogP contribution in [0.4, 0.5) is 34.1 Å². The molecule has 3 nitrogen and oxygen atoms in total. The molecule has 0 spiro atoms. The standard InChI is InChI=1S/C50H34N2O/c1-4-17-39(18-5-1)51(40-19-6-2-7-20-40)46-25-14-16-37-33-36(29-32-43(37)46)35-27-30-42(31-28-35)52(41-21-8-3-9-22-41)47-34-38-15-10-11-23-44(38)50-49(47)45-24-12-13-26-48(45)53-50/h1-34H. The van der Waals surface area contributed by atoms with Gasteiger partial charge in [-0.1, -0.05) is 133 Å². The molecule has 0 atom stereocenters. The van der Waals surface area contributed by atoms with Gasteiger partial charge in [0.2, 0.25) is 0 Å². The first-order chi connectivity index (χ1) is 26.3. The summed E-state index contributed by atoms with van der Waals surface area (Å²) in [5, 5.41) is 6.86. The van der Waals surface area contributed by atoms with E-state index in [1.165, 1.54) is 16.3 Å². The van der Waals surface area contributed by atoms with Crippen molar-refractivity contribution in [2.45, 2.75) is 0 Å². The number of hydrogen-bond acceptors (Lipinski definition) is 3. The van der Waals surface area contributed by atoms with Gasteiger partial charge < -0.3 is 14.2 Å². The molecule has 10 rings (SSSR count). The van der Waals surface area contributed by atoms with Crippen LogP contribution in [0.15, 0.2) is 211 Å². The minimum Gasteiger partial charge on any atom is -0.455 e. The molecule has 0 saturated heterocycles.